The van der Waals surface area contributed by atoms with Crippen molar-refractivity contribution in [1.29, 1.82) is 0 Å². The molecule has 1 aromatic heterocycles. The normalized spacial score (nSPS) is 15.7. The van der Waals surface area contributed by atoms with Crippen molar-refractivity contribution in [2.75, 3.05) is 13.1 Å². The van der Waals surface area contributed by atoms with Crippen molar-refractivity contribution < 1.29 is 12.8 Å². The van der Waals surface area contributed by atoms with E-state index in [9.17, 15) is 12.8 Å². The van der Waals surface area contributed by atoms with E-state index in [0.29, 0.717) is 18.5 Å². The molecule has 0 aliphatic carbocycles. The zero-order valence-electron chi connectivity index (χ0n) is 15.5. The summed E-state index contributed by atoms with van der Waals surface area (Å²) in [6.45, 7) is 4.98. The number of nitrogens with zero attached hydrogens (tertiary/aromatic N) is 1. The van der Waals surface area contributed by atoms with Crippen LogP contribution in [0, 0.1) is 12.7 Å². The highest BCUT2D eigenvalue weighted by molar-refractivity contribution is 7.89. The van der Waals surface area contributed by atoms with Crippen molar-refractivity contribution in [1.82, 2.24) is 9.29 Å². The molecule has 1 fully saturated rings. The lowest BCUT2D eigenvalue weighted by molar-refractivity contribution is 0.475. The molecular weight excluding hydrogens is 363 g/mol. The largest absolute Gasteiger partial charge is 0.342 e. The summed E-state index contributed by atoms with van der Waals surface area (Å²) < 4.78 is 42.0. The number of hydrogen-bond acceptors (Lipinski definition) is 2. The van der Waals surface area contributed by atoms with E-state index in [1.54, 1.807) is 6.07 Å². The molecule has 3 aromatic rings. The number of nitrogens with one attached hydrogen (secondary N) is 1. The lowest BCUT2D eigenvalue weighted by Crippen LogP contribution is -2.28. The second kappa shape index (κ2) is 6.77. The van der Waals surface area contributed by atoms with Gasteiger partial charge in [0.2, 0.25) is 0 Å². The van der Waals surface area contributed by atoms with Crippen molar-refractivity contribution in [2.45, 2.75) is 38.1 Å². The lowest BCUT2D eigenvalue weighted by Gasteiger charge is -2.13. The number of halogens is 1. The van der Waals surface area contributed by atoms with Gasteiger partial charge < -0.3 is 4.98 Å². The Morgan fingerprint density at radius 3 is 2.56 bits per heavy atom. The van der Waals surface area contributed by atoms with Gasteiger partial charge in [-0.3, -0.25) is 0 Å². The fraction of sp³-hybridized carbons (Fsp3) is 0.333. The molecule has 6 heteroatoms. The van der Waals surface area contributed by atoms with Gasteiger partial charge in [-0.05, 0) is 60.6 Å². The molecule has 0 atom stereocenters. The molecule has 4 nitrogen and oxygen atoms in total. The van der Waals surface area contributed by atoms with Crippen LogP contribution in [-0.4, -0.2) is 30.8 Å². The molecule has 27 heavy (non-hydrogen) atoms. The van der Waals surface area contributed by atoms with Gasteiger partial charge in [-0.1, -0.05) is 31.2 Å². The minimum absolute atomic E-state index is 0.0686. The van der Waals surface area contributed by atoms with E-state index in [1.807, 2.05) is 25.1 Å². The molecule has 0 unspecified atom stereocenters. The van der Waals surface area contributed by atoms with Crippen LogP contribution in [0.5, 0.6) is 0 Å². The number of aromatic amines is 1. The van der Waals surface area contributed by atoms with Crippen molar-refractivity contribution in [2.24, 2.45) is 0 Å². The average molecular weight is 386 g/mol. The molecule has 2 aromatic carbocycles. The van der Waals surface area contributed by atoms with E-state index < -0.39 is 15.8 Å². The number of sulfonamides is 1. The molecule has 2 heterocycles. The summed E-state index contributed by atoms with van der Waals surface area (Å²) in [6.07, 6.45) is 2.57. The van der Waals surface area contributed by atoms with Gasteiger partial charge in [0.15, 0.2) is 0 Å². The zero-order valence-corrected chi connectivity index (χ0v) is 16.4. The molecule has 142 valence electrons. The molecular formula is C21H23FN2O2S. The Morgan fingerprint density at radius 1 is 1.15 bits per heavy atom. The van der Waals surface area contributed by atoms with Crippen LogP contribution in [0.25, 0.3) is 22.0 Å². The van der Waals surface area contributed by atoms with Crippen LogP contribution in [0.15, 0.2) is 41.4 Å². The van der Waals surface area contributed by atoms with Crippen LogP contribution >= 0.6 is 0 Å². The fourth-order valence-electron chi connectivity index (χ4n) is 4.00. The summed E-state index contributed by atoms with van der Waals surface area (Å²) >= 11 is 0. The first-order valence-corrected chi connectivity index (χ1v) is 10.8. The molecule has 1 saturated heterocycles. The van der Waals surface area contributed by atoms with E-state index in [2.05, 4.69) is 18.0 Å². The minimum atomic E-state index is -3.63. The number of aromatic nitrogens is 1. The van der Waals surface area contributed by atoms with E-state index in [-0.39, 0.29) is 10.5 Å². The lowest BCUT2D eigenvalue weighted by atomic mass is 9.92. The van der Waals surface area contributed by atoms with Gasteiger partial charge in [0.25, 0.3) is 10.0 Å². The summed E-state index contributed by atoms with van der Waals surface area (Å²) in [7, 11) is -3.63. The Bertz CT molecular complexity index is 1110. The van der Waals surface area contributed by atoms with Crippen LogP contribution in [0.2, 0.25) is 0 Å². The van der Waals surface area contributed by atoms with Gasteiger partial charge in [0, 0.05) is 18.5 Å². The maximum absolute atomic E-state index is 14.7. The topological polar surface area (TPSA) is 53.2 Å². The van der Waals surface area contributed by atoms with Gasteiger partial charge in [-0.2, -0.15) is 4.31 Å². The molecule has 0 spiro atoms. The smallest absolute Gasteiger partial charge is 0.258 e. The molecule has 0 saturated carbocycles. The van der Waals surface area contributed by atoms with E-state index in [4.69, 9.17) is 0 Å². The van der Waals surface area contributed by atoms with Crippen molar-refractivity contribution >= 4 is 20.9 Å². The number of benzene rings is 2. The van der Waals surface area contributed by atoms with Crippen molar-refractivity contribution in [3.63, 3.8) is 0 Å². The fourth-order valence-corrected chi connectivity index (χ4v) is 5.51. The SMILES string of the molecule is CCc1ccccc1-c1c(C)cc(F)c2[nH]c(S(=O)(=O)N3CCCC3)cc12. The van der Waals surface area contributed by atoms with Crippen LogP contribution in [-0.2, 0) is 16.4 Å². The number of rotatable bonds is 4. The third-order valence-corrected chi connectivity index (χ3v) is 7.21. The quantitative estimate of drug-likeness (QED) is 0.711. The van der Waals surface area contributed by atoms with Crippen LogP contribution in [0.1, 0.15) is 30.9 Å². The molecule has 0 amide bonds. The maximum atomic E-state index is 14.7. The summed E-state index contributed by atoms with van der Waals surface area (Å²) in [5, 5.41) is 0.685. The Morgan fingerprint density at radius 2 is 1.85 bits per heavy atom. The first-order chi connectivity index (χ1) is 12.9. The second-order valence-electron chi connectivity index (χ2n) is 7.09. The summed E-state index contributed by atoms with van der Waals surface area (Å²) in [5.74, 6) is -0.428. The number of aryl methyl sites for hydroxylation is 2. The van der Waals surface area contributed by atoms with Gasteiger partial charge in [0.1, 0.15) is 10.8 Å². The number of hydrogen-bond donors (Lipinski definition) is 1. The van der Waals surface area contributed by atoms with Crippen molar-refractivity contribution in [3.8, 4) is 11.1 Å². The second-order valence-corrected chi connectivity index (χ2v) is 9.00. The third-order valence-electron chi connectivity index (χ3n) is 5.39. The summed E-state index contributed by atoms with van der Waals surface area (Å²) in [4.78, 5) is 2.85. The first kappa shape index (κ1) is 18.2. The summed E-state index contributed by atoms with van der Waals surface area (Å²) in [5.41, 5.74) is 4.11. The zero-order chi connectivity index (χ0) is 19.2. The Kier molecular flexibility index (Phi) is 4.56. The molecule has 0 bridgehead atoms. The Hall–Kier alpha value is -2.18. The highest BCUT2D eigenvalue weighted by Crippen LogP contribution is 2.37. The van der Waals surface area contributed by atoms with Crippen LogP contribution in [0.3, 0.4) is 0 Å². The maximum Gasteiger partial charge on any atom is 0.258 e. The molecule has 1 aliphatic rings. The molecule has 0 radical (unpaired) electrons. The predicted molar refractivity (Wildman–Crippen MR) is 106 cm³/mol. The van der Waals surface area contributed by atoms with E-state index in [0.717, 1.165) is 41.5 Å². The van der Waals surface area contributed by atoms with Crippen LogP contribution < -0.4 is 0 Å². The first-order valence-electron chi connectivity index (χ1n) is 9.33. The highest BCUT2D eigenvalue weighted by atomic mass is 32.2. The Labute approximate surface area is 159 Å². The average Bonchev–Trinajstić information content (AvgIpc) is 3.33. The van der Waals surface area contributed by atoms with Gasteiger partial charge in [-0.15, -0.1) is 0 Å². The van der Waals surface area contributed by atoms with Crippen LogP contribution in [0.4, 0.5) is 4.39 Å². The third kappa shape index (κ3) is 2.97. The Balaban J connectivity index is 1.97. The van der Waals surface area contributed by atoms with Gasteiger partial charge in [0.05, 0.1) is 5.52 Å². The number of H-pyrrole nitrogens is 1. The number of fused-ring (bicyclic) bond motifs is 1. The molecule has 4 rings (SSSR count). The highest BCUT2D eigenvalue weighted by Gasteiger charge is 2.29. The standard InChI is InChI=1S/C21H23FN2O2S/c1-3-15-8-4-5-9-16(15)20-14(2)12-18(22)21-17(20)13-19(23-21)27(25,26)24-10-6-7-11-24/h4-5,8-9,12-13,23H,3,6-7,10-11H2,1-2H3. The minimum Gasteiger partial charge on any atom is -0.342 e. The molecule has 1 aliphatic heterocycles. The van der Waals surface area contributed by atoms with E-state index >= 15 is 0 Å². The molecule has 1 N–H and O–H groups in total. The predicted octanol–water partition coefficient (Wildman–Crippen LogP) is 4.63. The monoisotopic (exact) mass is 386 g/mol. The van der Waals surface area contributed by atoms with Gasteiger partial charge in [-0.25, -0.2) is 12.8 Å². The summed E-state index contributed by atoms with van der Waals surface area (Å²) in [6, 6.07) is 11.1. The van der Waals surface area contributed by atoms with Gasteiger partial charge >= 0.3 is 0 Å². The van der Waals surface area contributed by atoms with Crippen molar-refractivity contribution in [3.05, 3.63) is 53.3 Å². The van der Waals surface area contributed by atoms with E-state index in [1.165, 1.54) is 10.4 Å².